The van der Waals surface area contributed by atoms with E-state index < -0.39 is 0 Å². The smallest absolute Gasteiger partial charge is 0.0589 e. The molecule has 0 bridgehead atoms. The third kappa shape index (κ3) is 2.94. The maximum atomic E-state index is 9.41. The number of aliphatic hydroxyl groups is 1. The fourth-order valence-electron chi connectivity index (χ4n) is 2.46. The quantitative estimate of drug-likeness (QED) is 0.915. The van der Waals surface area contributed by atoms with Gasteiger partial charge in [0.05, 0.1) is 6.61 Å². The summed E-state index contributed by atoms with van der Waals surface area (Å²) in [5, 5.41) is 10.9. The van der Waals surface area contributed by atoms with Crippen molar-refractivity contribution < 1.29 is 5.11 Å². The van der Waals surface area contributed by atoms with Gasteiger partial charge >= 0.3 is 0 Å². The van der Waals surface area contributed by atoms with Gasteiger partial charge in [-0.3, -0.25) is 4.90 Å². The highest BCUT2D eigenvalue weighted by Gasteiger charge is 2.30. The van der Waals surface area contributed by atoms with E-state index in [4.69, 9.17) is 23.2 Å². The molecule has 1 saturated heterocycles. The van der Waals surface area contributed by atoms with Gasteiger partial charge in [0.15, 0.2) is 0 Å². The summed E-state index contributed by atoms with van der Waals surface area (Å²) < 4.78 is 0. The Kier molecular flexibility index (Phi) is 4.31. The molecular formula is C13H17Cl2NO. The number of halogens is 2. The van der Waals surface area contributed by atoms with Crippen LogP contribution in [0.1, 0.15) is 18.9 Å². The monoisotopic (exact) mass is 273 g/mol. The van der Waals surface area contributed by atoms with E-state index >= 15 is 0 Å². The molecule has 1 aliphatic heterocycles. The molecule has 94 valence electrons. The largest absolute Gasteiger partial charge is 0.395 e. The van der Waals surface area contributed by atoms with Gasteiger partial charge < -0.3 is 5.11 Å². The Morgan fingerprint density at radius 3 is 2.88 bits per heavy atom. The summed E-state index contributed by atoms with van der Waals surface area (Å²) >= 11 is 12.1. The number of hydrogen-bond acceptors (Lipinski definition) is 2. The van der Waals surface area contributed by atoms with Crippen molar-refractivity contribution in [3.8, 4) is 0 Å². The Hall–Kier alpha value is -0.280. The third-order valence-corrected chi connectivity index (χ3v) is 4.17. The summed E-state index contributed by atoms with van der Waals surface area (Å²) in [7, 11) is 0. The number of nitrogens with zero attached hydrogens (tertiary/aromatic N) is 1. The molecule has 2 rings (SSSR count). The van der Waals surface area contributed by atoms with E-state index in [2.05, 4.69) is 11.8 Å². The number of rotatable bonds is 3. The SMILES string of the molecule is CC1CCN(Cc2cc(Cl)ccc2Cl)C1CO. The lowest BCUT2D eigenvalue weighted by atomic mass is 10.0. The predicted octanol–water partition coefficient (Wildman–Crippen LogP) is 3.20. The first-order valence-corrected chi connectivity index (χ1v) is 6.66. The van der Waals surface area contributed by atoms with Crippen LogP contribution < -0.4 is 0 Å². The highest BCUT2D eigenvalue weighted by atomic mass is 35.5. The summed E-state index contributed by atoms with van der Waals surface area (Å²) in [6.07, 6.45) is 1.13. The summed E-state index contributed by atoms with van der Waals surface area (Å²) in [4.78, 5) is 2.28. The Bertz CT molecular complexity index is 397. The van der Waals surface area contributed by atoms with Gasteiger partial charge in [0.1, 0.15) is 0 Å². The van der Waals surface area contributed by atoms with Crippen LogP contribution in [0, 0.1) is 5.92 Å². The van der Waals surface area contributed by atoms with Gasteiger partial charge in [-0.2, -0.15) is 0 Å². The van der Waals surface area contributed by atoms with Crippen LogP contribution in [0.3, 0.4) is 0 Å². The number of aliphatic hydroxyl groups excluding tert-OH is 1. The zero-order valence-electron chi connectivity index (χ0n) is 9.87. The first-order chi connectivity index (χ1) is 8.11. The zero-order chi connectivity index (χ0) is 12.4. The van der Waals surface area contributed by atoms with Gasteiger partial charge in [-0.05, 0) is 42.6 Å². The molecule has 4 heteroatoms. The van der Waals surface area contributed by atoms with Crippen molar-refractivity contribution >= 4 is 23.2 Å². The van der Waals surface area contributed by atoms with E-state index in [-0.39, 0.29) is 12.6 Å². The van der Waals surface area contributed by atoms with Crippen molar-refractivity contribution in [3.63, 3.8) is 0 Å². The van der Waals surface area contributed by atoms with Crippen LogP contribution in [0.4, 0.5) is 0 Å². The van der Waals surface area contributed by atoms with E-state index in [1.807, 2.05) is 12.1 Å². The molecule has 1 heterocycles. The second-order valence-corrected chi connectivity index (χ2v) is 5.57. The lowest BCUT2D eigenvalue weighted by Gasteiger charge is -2.25. The van der Waals surface area contributed by atoms with Crippen LogP contribution >= 0.6 is 23.2 Å². The van der Waals surface area contributed by atoms with Crippen LogP contribution in [0.15, 0.2) is 18.2 Å². The van der Waals surface area contributed by atoms with Crippen molar-refractivity contribution in [1.29, 1.82) is 0 Å². The Balaban J connectivity index is 2.12. The summed E-state index contributed by atoms with van der Waals surface area (Å²) in [5.74, 6) is 0.540. The van der Waals surface area contributed by atoms with Gasteiger partial charge in [0.25, 0.3) is 0 Å². The number of likely N-dealkylation sites (tertiary alicyclic amines) is 1. The molecule has 1 aromatic rings. The molecule has 2 atom stereocenters. The van der Waals surface area contributed by atoms with Gasteiger partial charge in [-0.15, -0.1) is 0 Å². The van der Waals surface area contributed by atoms with Crippen molar-refractivity contribution in [2.75, 3.05) is 13.2 Å². The second kappa shape index (κ2) is 5.57. The van der Waals surface area contributed by atoms with E-state index in [0.29, 0.717) is 10.9 Å². The standard InChI is InChI=1S/C13H17Cl2NO/c1-9-4-5-16(13(9)8-17)7-10-6-11(14)2-3-12(10)15/h2-3,6,9,13,17H,4-5,7-8H2,1H3. The molecule has 0 aliphatic carbocycles. The van der Waals surface area contributed by atoms with Gasteiger partial charge in [-0.1, -0.05) is 30.1 Å². The summed E-state index contributed by atoms with van der Waals surface area (Å²) in [6.45, 7) is 4.16. The Morgan fingerprint density at radius 1 is 1.41 bits per heavy atom. The average Bonchev–Trinajstić information content (AvgIpc) is 2.64. The maximum Gasteiger partial charge on any atom is 0.0589 e. The maximum absolute atomic E-state index is 9.41. The molecule has 1 aliphatic rings. The highest BCUT2D eigenvalue weighted by Crippen LogP contribution is 2.28. The minimum atomic E-state index is 0.208. The fraction of sp³-hybridized carbons (Fsp3) is 0.538. The van der Waals surface area contributed by atoms with Crippen LogP contribution in [-0.4, -0.2) is 29.2 Å². The van der Waals surface area contributed by atoms with Crippen LogP contribution in [0.25, 0.3) is 0 Å². The van der Waals surface area contributed by atoms with Gasteiger partial charge in [0, 0.05) is 22.6 Å². The molecule has 2 unspecified atom stereocenters. The topological polar surface area (TPSA) is 23.5 Å². The fourth-order valence-corrected chi connectivity index (χ4v) is 2.83. The van der Waals surface area contributed by atoms with Crippen molar-refractivity contribution in [2.45, 2.75) is 25.9 Å². The average molecular weight is 274 g/mol. The molecule has 1 fully saturated rings. The molecule has 0 radical (unpaired) electrons. The van der Waals surface area contributed by atoms with E-state index in [1.54, 1.807) is 6.07 Å². The molecule has 1 aromatic carbocycles. The lowest BCUT2D eigenvalue weighted by Crippen LogP contribution is -2.34. The van der Waals surface area contributed by atoms with E-state index in [9.17, 15) is 5.11 Å². The number of hydrogen-bond donors (Lipinski definition) is 1. The molecular weight excluding hydrogens is 257 g/mol. The summed E-state index contributed by atoms with van der Waals surface area (Å²) in [6, 6.07) is 5.77. The third-order valence-electron chi connectivity index (χ3n) is 3.57. The predicted molar refractivity (Wildman–Crippen MR) is 71.5 cm³/mol. The Labute approximate surface area is 112 Å². The van der Waals surface area contributed by atoms with Crippen LogP contribution in [0.2, 0.25) is 10.0 Å². The van der Waals surface area contributed by atoms with Crippen LogP contribution in [0.5, 0.6) is 0 Å². The molecule has 2 nitrogen and oxygen atoms in total. The van der Waals surface area contributed by atoms with Crippen molar-refractivity contribution in [1.82, 2.24) is 4.90 Å². The molecule has 0 spiro atoms. The summed E-state index contributed by atoms with van der Waals surface area (Å²) in [5.41, 5.74) is 1.03. The van der Waals surface area contributed by atoms with Crippen LogP contribution in [-0.2, 0) is 6.54 Å². The van der Waals surface area contributed by atoms with Crippen molar-refractivity contribution in [3.05, 3.63) is 33.8 Å². The molecule has 17 heavy (non-hydrogen) atoms. The normalized spacial score (nSPS) is 25.4. The zero-order valence-corrected chi connectivity index (χ0v) is 11.4. The first kappa shape index (κ1) is 13.2. The molecule has 0 saturated carbocycles. The molecule has 1 N–H and O–H groups in total. The Morgan fingerprint density at radius 2 is 2.18 bits per heavy atom. The van der Waals surface area contributed by atoms with Gasteiger partial charge in [0.2, 0.25) is 0 Å². The minimum Gasteiger partial charge on any atom is -0.395 e. The van der Waals surface area contributed by atoms with Gasteiger partial charge in [-0.25, -0.2) is 0 Å². The number of benzene rings is 1. The van der Waals surface area contributed by atoms with E-state index in [0.717, 1.165) is 30.1 Å². The highest BCUT2D eigenvalue weighted by molar-refractivity contribution is 6.33. The minimum absolute atomic E-state index is 0.208. The van der Waals surface area contributed by atoms with Crippen molar-refractivity contribution in [2.24, 2.45) is 5.92 Å². The second-order valence-electron chi connectivity index (χ2n) is 4.72. The molecule has 0 amide bonds. The lowest BCUT2D eigenvalue weighted by molar-refractivity contribution is 0.134. The first-order valence-electron chi connectivity index (χ1n) is 5.90. The van der Waals surface area contributed by atoms with E-state index in [1.165, 1.54) is 0 Å². The molecule has 0 aromatic heterocycles.